The first-order valence-electron chi connectivity index (χ1n) is 10.5. The number of benzene rings is 3. The fourth-order valence-corrected chi connectivity index (χ4v) is 20.9. The van der Waals surface area contributed by atoms with Gasteiger partial charge in [0, 0.05) is 14.7 Å². The number of hydrogen-bond donors (Lipinski definition) is 0. The molecule has 0 amide bonds. The van der Waals surface area contributed by atoms with E-state index in [1.165, 1.54) is 0 Å². The molecule has 0 saturated heterocycles. The second kappa shape index (κ2) is 10.2. The third kappa shape index (κ3) is 4.42. The molecule has 0 aliphatic rings. The van der Waals surface area contributed by atoms with Crippen molar-refractivity contribution in [3.8, 4) is 0 Å². The molecule has 0 radical (unpaired) electrons. The van der Waals surface area contributed by atoms with Crippen LogP contribution in [-0.2, 0) is 29.5 Å². The second-order valence-electron chi connectivity index (χ2n) is 7.90. The van der Waals surface area contributed by atoms with Gasteiger partial charge in [0.2, 0.25) is 0 Å². The Morgan fingerprint density at radius 1 is 0.366 bits per heavy atom. The standard InChI is InChI=1S/C22H15F9O6S4/c23-19(24,25)39(32,33)22(40(34,35)20(26,27)28,41(36,37)21(29,30)31)38(16-10-4-1-5-11-16,17-12-6-2-7-13-17)18-14-8-3-9-15-18/h1-15H. The lowest BCUT2D eigenvalue weighted by Crippen LogP contribution is -2.65. The highest BCUT2D eigenvalue weighted by molar-refractivity contribution is 8.55. The molecule has 0 heterocycles. The Labute approximate surface area is 228 Å². The van der Waals surface area contributed by atoms with Crippen LogP contribution in [0.5, 0.6) is 0 Å². The van der Waals surface area contributed by atoms with E-state index in [9.17, 15) is 64.8 Å². The van der Waals surface area contributed by atoms with Crippen molar-refractivity contribution < 1.29 is 64.8 Å². The molecule has 0 unspecified atom stereocenters. The zero-order valence-corrected chi connectivity index (χ0v) is 22.9. The van der Waals surface area contributed by atoms with Gasteiger partial charge in [-0.15, -0.1) is 10.0 Å². The maximum absolute atomic E-state index is 14.4. The molecule has 6 nitrogen and oxygen atoms in total. The molecule has 3 aromatic rings. The van der Waals surface area contributed by atoms with Gasteiger partial charge in [-0.1, -0.05) is 54.6 Å². The van der Waals surface area contributed by atoms with E-state index in [1.807, 2.05) is 0 Å². The van der Waals surface area contributed by atoms with Gasteiger partial charge in [-0.2, -0.15) is 39.5 Å². The van der Waals surface area contributed by atoms with E-state index < -0.39 is 73.5 Å². The smallest absolute Gasteiger partial charge is 0.216 e. The molecular weight excluding hydrogens is 659 g/mol. The van der Waals surface area contributed by atoms with Crippen LogP contribution in [0.4, 0.5) is 39.5 Å². The Morgan fingerprint density at radius 3 is 0.732 bits per heavy atom. The van der Waals surface area contributed by atoms with Crippen molar-refractivity contribution >= 4 is 39.5 Å². The zero-order chi connectivity index (χ0) is 31.3. The Bertz CT molecular complexity index is 1520. The maximum Gasteiger partial charge on any atom is 0.500 e. The minimum atomic E-state index is -8.56. The second-order valence-corrected chi connectivity index (χ2v) is 18.9. The third-order valence-corrected chi connectivity index (χ3v) is 21.2. The molecule has 0 saturated carbocycles. The zero-order valence-electron chi connectivity index (χ0n) is 19.6. The van der Waals surface area contributed by atoms with Crippen molar-refractivity contribution in [2.45, 2.75) is 34.0 Å². The van der Waals surface area contributed by atoms with Gasteiger partial charge >= 0.3 is 19.3 Å². The van der Waals surface area contributed by atoms with E-state index in [-0.39, 0.29) is 0 Å². The molecule has 0 aromatic heterocycles. The average Bonchev–Trinajstić information content (AvgIpc) is 2.86. The van der Waals surface area contributed by atoms with E-state index in [4.69, 9.17) is 0 Å². The number of halogens is 9. The Morgan fingerprint density at radius 2 is 0.561 bits per heavy atom. The normalized spacial score (nSPS) is 15.0. The summed E-state index contributed by atoms with van der Waals surface area (Å²) < 4.78 is 203. The van der Waals surface area contributed by atoms with Crippen molar-refractivity contribution in [3.05, 3.63) is 91.0 Å². The van der Waals surface area contributed by atoms with E-state index in [2.05, 4.69) is 0 Å². The first kappa shape index (κ1) is 32.7. The SMILES string of the molecule is O=S(=O)(C(F)(F)F)C(S(c1ccccc1)(c1ccccc1)c1ccccc1)(S(=O)(=O)C(F)(F)F)S(=O)(=O)C(F)(F)F. The monoisotopic (exact) mass is 674 g/mol. The first-order valence-corrected chi connectivity index (χ1v) is 16.6. The van der Waals surface area contributed by atoms with Gasteiger partial charge in [-0.25, -0.2) is 25.3 Å². The van der Waals surface area contributed by atoms with Gasteiger partial charge in [0.15, 0.2) is 0 Å². The van der Waals surface area contributed by atoms with Crippen molar-refractivity contribution in [2.75, 3.05) is 0 Å². The molecular formula is C22H15F9O6S4. The molecule has 0 atom stereocenters. The fourth-order valence-electron chi connectivity index (χ4n) is 4.07. The molecule has 0 fully saturated rings. The van der Waals surface area contributed by atoms with Crippen LogP contribution in [0, 0.1) is 0 Å². The quantitative estimate of drug-likeness (QED) is 0.270. The van der Waals surface area contributed by atoms with E-state index in [1.54, 1.807) is 0 Å². The molecule has 3 rings (SSSR count). The number of rotatable bonds is 7. The van der Waals surface area contributed by atoms with E-state index in [0.29, 0.717) is 36.4 Å². The van der Waals surface area contributed by atoms with Gasteiger partial charge in [0.1, 0.15) is 0 Å². The number of hydrogen-bond acceptors (Lipinski definition) is 6. The summed E-state index contributed by atoms with van der Waals surface area (Å²) in [6.45, 7) is 0. The van der Waals surface area contributed by atoms with Gasteiger partial charge in [0.25, 0.3) is 29.5 Å². The highest BCUT2D eigenvalue weighted by Crippen LogP contribution is 2.82. The van der Waals surface area contributed by atoms with Crippen LogP contribution in [0.15, 0.2) is 106 Å². The molecule has 0 N–H and O–H groups in total. The van der Waals surface area contributed by atoms with Crippen LogP contribution in [0.25, 0.3) is 0 Å². The summed E-state index contributed by atoms with van der Waals surface area (Å²) >= 11 is 0. The molecule has 0 bridgehead atoms. The molecule has 226 valence electrons. The van der Waals surface area contributed by atoms with Crippen molar-refractivity contribution in [1.82, 2.24) is 0 Å². The highest BCUT2D eigenvalue weighted by atomic mass is 32.4. The summed E-state index contributed by atoms with van der Waals surface area (Å²) in [4.78, 5) is -3.57. The van der Waals surface area contributed by atoms with Crippen molar-refractivity contribution in [1.29, 1.82) is 0 Å². The molecule has 3 aromatic carbocycles. The van der Waals surface area contributed by atoms with Crippen LogP contribution >= 0.6 is 10.0 Å². The topological polar surface area (TPSA) is 102 Å². The molecule has 19 heteroatoms. The minimum Gasteiger partial charge on any atom is -0.216 e. The minimum absolute atomic E-state index is 0.549. The van der Waals surface area contributed by atoms with Gasteiger partial charge in [0.05, 0.1) is 0 Å². The maximum atomic E-state index is 14.4. The summed E-state index contributed by atoms with van der Waals surface area (Å²) in [5, 5.41) is 0. The lowest BCUT2D eigenvalue weighted by molar-refractivity contribution is -0.0497. The highest BCUT2D eigenvalue weighted by Gasteiger charge is 2.89. The van der Waals surface area contributed by atoms with Crippen LogP contribution in [0.3, 0.4) is 0 Å². The Kier molecular flexibility index (Phi) is 8.14. The predicted octanol–water partition coefficient (Wildman–Crippen LogP) is 6.38. The summed E-state index contributed by atoms with van der Waals surface area (Å²) in [6.07, 6.45) is 0. The molecule has 0 aliphatic heterocycles. The fraction of sp³-hybridized carbons (Fsp3) is 0.182. The Hall–Kier alpha value is -2.77. The lowest BCUT2D eigenvalue weighted by Gasteiger charge is -2.52. The van der Waals surface area contributed by atoms with E-state index >= 15 is 0 Å². The lowest BCUT2D eigenvalue weighted by atomic mass is 10.4. The van der Waals surface area contributed by atoms with Crippen molar-refractivity contribution in [2.24, 2.45) is 0 Å². The number of alkyl halides is 9. The number of sulfone groups is 3. The van der Waals surface area contributed by atoms with E-state index in [0.717, 1.165) is 54.6 Å². The first-order chi connectivity index (χ1) is 18.6. The Balaban J connectivity index is 3.09. The third-order valence-electron chi connectivity index (χ3n) is 5.57. The molecule has 41 heavy (non-hydrogen) atoms. The summed E-state index contributed by atoms with van der Waals surface area (Å²) in [6, 6.07) is 11.6. The largest absolute Gasteiger partial charge is 0.500 e. The predicted molar refractivity (Wildman–Crippen MR) is 129 cm³/mol. The van der Waals surface area contributed by atoms with Gasteiger partial charge in [-0.3, -0.25) is 0 Å². The summed E-state index contributed by atoms with van der Waals surface area (Å²) in [5.74, 6) is 0. The van der Waals surface area contributed by atoms with Crippen LogP contribution in [0.1, 0.15) is 0 Å². The molecule has 0 spiro atoms. The van der Waals surface area contributed by atoms with Crippen molar-refractivity contribution in [3.63, 3.8) is 0 Å². The summed E-state index contributed by atoms with van der Waals surface area (Å²) in [7, 11) is -31.6. The van der Waals surface area contributed by atoms with Crippen LogP contribution in [0.2, 0.25) is 0 Å². The summed E-state index contributed by atoms with van der Waals surface area (Å²) in [5.41, 5.74) is -21.9. The molecule has 0 aliphatic carbocycles. The average molecular weight is 675 g/mol. The van der Waals surface area contributed by atoms with Gasteiger partial charge in [-0.05, 0) is 36.4 Å². The van der Waals surface area contributed by atoms with Crippen LogP contribution < -0.4 is 0 Å². The van der Waals surface area contributed by atoms with Gasteiger partial charge < -0.3 is 0 Å². The van der Waals surface area contributed by atoms with Crippen LogP contribution in [-0.4, -0.2) is 44.5 Å².